The molecule has 0 aliphatic carbocycles. The molecular weight excluding hydrogens is 282 g/mol. The molecular formula is C16H21N3OS. The third-order valence-corrected chi connectivity index (χ3v) is 4.77. The molecule has 0 atom stereocenters. The highest BCUT2D eigenvalue weighted by Crippen LogP contribution is 2.21. The van der Waals surface area contributed by atoms with Crippen molar-refractivity contribution in [1.29, 1.82) is 0 Å². The molecule has 1 saturated heterocycles. The Morgan fingerprint density at radius 1 is 1.19 bits per heavy atom. The number of rotatable bonds is 4. The van der Waals surface area contributed by atoms with Crippen LogP contribution in [0.3, 0.4) is 0 Å². The van der Waals surface area contributed by atoms with Crippen molar-refractivity contribution in [2.45, 2.75) is 20.4 Å². The van der Waals surface area contributed by atoms with Crippen LogP contribution < -0.4 is 10.2 Å². The number of hydrogen-bond donors (Lipinski definition) is 1. The molecule has 1 aromatic carbocycles. The summed E-state index contributed by atoms with van der Waals surface area (Å²) in [5.74, 6) is 0. The minimum absolute atomic E-state index is 0.823. The van der Waals surface area contributed by atoms with Gasteiger partial charge in [0.2, 0.25) is 0 Å². The first kappa shape index (κ1) is 14.4. The average molecular weight is 303 g/mol. The SMILES string of the molecule is Cc1nc(C)c(CNc2ccc(N3CCOCC3)cc2)s1. The Balaban J connectivity index is 1.60. The minimum atomic E-state index is 0.823. The number of nitrogens with zero attached hydrogens (tertiary/aromatic N) is 2. The lowest BCUT2D eigenvalue weighted by Crippen LogP contribution is -2.36. The summed E-state index contributed by atoms with van der Waals surface area (Å²) in [7, 11) is 0. The Kier molecular flexibility index (Phi) is 4.41. The summed E-state index contributed by atoms with van der Waals surface area (Å²) in [5.41, 5.74) is 3.56. The monoisotopic (exact) mass is 303 g/mol. The van der Waals surface area contributed by atoms with Gasteiger partial charge in [-0.05, 0) is 38.1 Å². The van der Waals surface area contributed by atoms with Crippen molar-refractivity contribution in [3.63, 3.8) is 0 Å². The van der Waals surface area contributed by atoms with Crippen LogP contribution in [-0.4, -0.2) is 31.3 Å². The van der Waals surface area contributed by atoms with Gasteiger partial charge in [0, 0.05) is 29.3 Å². The summed E-state index contributed by atoms with van der Waals surface area (Å²) in [4.78, 5) is 8.13. The van der Waals surface area contributed by atoms with Crippen LogP contribution >= 0.6 is 11.3 Å². The zero-order valence-corrected chi connectivity index (χ0v) is 13.4. The third kappa shape index (κ3) is 3.54. The van der Waals surface area contributed by atoms with Gasteiger partial charge in [-0.3, -0.25) is 0 Å². The molecule has 0 radical (unpaired) electrons. The van der Waals surface area contributed by atoms with Crippen molar-refractivity contribution in [2.75, 3.05) is 36.5 Å². The Labute approximate surface area is 129 Å². The predicted octanol–water partition coefficient (Wildman–Crippen LogP) is 3.21. The normalized spacial score (nSPS) is 15.2. The molecule has 1 aliphatic rings. The molecule has 1 aromatic heterocycles. The second-order valence-electron chi connectivity index (χ2n) is 5.24. The fraction of sp³-hybridized carbons (Fsp3) is 0.438. The number of anilines is 2. The van der Waals surface area contributed by atoms with Gasteiger partial charge in [0.05, 0.1) is 30.5 Å². The van der Waals surface area contributed by atoms with Crippen LogP contribution in [0.25, 0.3) is 0 Å². The Hall–Kier alpha value is -1.59. The van der Waals surface area contributed by atoms with Gasteiger partial charge in [-0.25, -0.2) is 4.98 Å². The number of benzene rings is 1. The first-order valence-electron chi connectivity index (χ1n) is 7.32. The number of ether oxygens (including phenoxy) is 1. The molecule has 4 nitrogen and oxygen atoms in total. The number of nitrogens with one attached hydrogen (secondary N) is 1. The van der Waals surface area contributed by atoms with Crippen LogP contribution in [0.1, 0.15) is 15.6 Å². The standard InChI is InChI=1S/C16H21N3OS/c1-12-16(21-13(2)18-12)11-17-14-3-5-15(6-4-14)19-7-9-20-10-8-19/h3-6,17H,7-11H2,1-2H3. The number of morpholine rings is 1. The van der Waals surface area contributed by atoms with E-state index in [1.165, 1.54) is 10.6 Å². The van der Waals surface area contributed by atoms with Crippen molar-refractivity contribution in [3.8, 4) is 0 Å². The molecule has 3 rings (SSSR count). The van der Waals surface area contributed by atoms with E-state index in [0.29, 0.717) is 0 Å². The smallest absolute Gasteiger partial charge is 0.0900 e. The van der Waals surface area contributed by atoms with Gasteiger partial charge in [-0.2, -0.15) is 0 Å². The number of aryl methyl sites for hydroxylation is 2. The van der Waals surface area contributed by atoms with Gasteiger partial charge in [0.25, 0.3) is 0 Å². The molecule has 5 heteroatoms. The van der Waals surface area contributed by atoms with Crippen molar-refractivity contribution in [3.05, 3.63) is 39.8 Å². The summed E-state index contributed by atoms with van der Waals surface area (Å²) < 4.78 is 5.39. The molecule has 0 bridgehead atoms. The third-order valence-electron chi connectivity index (χ3n) is 3.70. The maximum atomic E-state index is 5.39. The van der Waals surface area contributed by atoms with E-state index in [-0.39, 0.29) is 0 Å². The highest BCUT2D eigenvalue weighted by atomic mass is 32.1. The van der Waals surface area contributed by atoms with Gasteiger partial charge in [0.1, 0.15) is 0 Å². The molecule has 1 N–H and O–H groups in total. The molecule has 21 heavy (non-hydrogen) atoms. The maximum Gasteiger partial charge on any atom is 0.0900 e. The topological polar surface area (TPSA) is 37.4 Å². The maximum absolute atomic E-state index is 5.39. The van der Waals surface area contributed by atoms with Crippen LogP contribution in [-0.2, 0) is 11.3 Å². The van der Waals surface area contributed by atoms with Gasteiger partial charge in [0.15, 0.2) is 0 Å². The lowest BCUT2D eigenvalue weighted by atomic mass is 10.2. The van der Waals surface area contributed by atoms with Crippen molar-refractivity contribution >= 4 is 22.7 Å². The second-order valence-corrected chi connectivity index (χ2v) is 6.53. The lowest BCUT2D eigenvalue weighted by Gasteiger charge is -2.28. The summed E-state index contributed by atoms with van der Waals surface area (Å²) in [6, 6.07) is 8.65. The highest BCUT2D eigenvalue weighted by molar-refractivity contribution is 7.11. The molecule has 0 spiro atoms. The summed E-state index contributed by atoms with van der Waals surface area (Å²) >= 11 is 1.76. The molecule has 112 valence electrons. The molecule has 2 aromatic rings. The van der Waals surface area contributed by atoms with Gasteiger partial charge in [-0.15, -0.1) is 11.3 Å². The number of thiazole rings is 1. The van der Waals surface area contributed by atoms with Crippen LogP contribution in [0.15, 0.2) is 24.3 Å². The zero-order chi connectivity index (χ0) is 14.7. The van der Waals surface area contributed by atoms with Crippen LogP contribution in [0.5, 0.6) is 0 Å². The molecule has 0 saturated carbocycles. The molecule has 1 aliphatic heterocycles. The van der Waals surface area contributed by atoms with E-state index < -0.39 is 0 Å². The average Bonchev–Trinajstić information content (AvgIpc) is 2.84. The molecule has 0 amide bonds. The fourth-order valence-corrected chi connectivity index (χ4v) is 3.41. The molecule has 2 heterocycles. The van der Waals surface area contributed by atoms with E-state index >= 15 is 0 Å². The largest absolute Gasteiger partial charge is 0.380 e. The summed E-state index contributed by atoms with van der Waals surface area (Å²) in [6.07, 6.45) is 0. The second kappa shape index (κ2) is 6.45. The van der Waals surface area contributed by atoms with Crippen LogP contribution in [0, 0.1) is 13.8 Å². The van der Waals surface area contributed by atoms with E-state index in [1.807, 2.05) is 0 Å². The number of hydrogen-bond acceptors (Lipinski definition) is 5. The zero-order valence-electron chi connectivity index (χ0n) is 12.6. The summed E-state index contributed by atoms with van der Waals surface area (Å²) in [6.45, 7) is 8.57. The Bertz CT molecular complexity index is 588. The van der Waals surface area contributed by atoms with Crippen LogP contribution in [0.2, 0.25) is 0 Å². The molecule has 0 unspecified atom stereocenters. The highest BCUT2D eigenvalue weighted by Gasteiger charge is 2.10. The first-order valence-corrected chi connectivity index (χ1v) is 8.13. The van der Waals surface area contributed by atoms with E-state index in [1.54, 1.807) is 11.3 Å². The van der Waals surface area contributed by atoms with E-state index in [0.717, 1.165) is 49.2 Å². The van der Waals surface area contributed by atoms with E-state index in [9.17, 15) is 0 Å². The summed E-state index contributed by atoms with van der Waals surface area (Å²) in [5, 5.41) is 4.60. The van der Waals surface area contributed by atoms with Crippen molar-refractivity contribution in [2.24, 2.45) is 0 Å². The van der Waals surface area contributed by atoms with Gasteiger partial charge in [-0.1, -0.05) is 0 Å². The lowest BCUT2D eigenvalue weighted by molar-refractivity contribution is 0.122. The van der Waals surface area contributed by atoms with Crippen molar-refractivity contribution in [1.82, 2.24) is 4.98 Å². The van der Waals surface area contributed by atoms with E-state index in [4.69, 9.17) is 4.74 Å². The Morgan fingerprint density at radius 3 is 2.52 bits per heavy atom. The first-order chi connectivity index (χ1) is 10.2. The van der Waals surface area contributed by atoms with Gasteiger partial charge >= 0.3 is 0 Å². The Morgan fingerprint density at radius 2 is 1.90 bits per heavy atom. The predicted molar refractivity (Wildman–Crippen MR) is 88.4 cm³/mol. The van der Waals surface area contributed by atoms with Gasteiger partial charge < -0.3 is 15.0 Å². The minimum Gasteiger partial charge on any atom is -0.380 e. The van der Waals surface area contributed by atoms with E-state index in [2.05, 4.69) is 53.3 Å². The molecule has 1 fully saturated rings. The number of aromatic nitrogens is 1. The fourth-order valence-electron chi connectivity index (χ4n) is 2.53. The quantitative estimate of drug-likeness (QED) is 0.941. The van der Waals surface area contributed by atoms with Crippen molar-refractivity contribution < 1.29 is 4.74 Å². The van der Waals surface area contributed by atoms with Crippen LogP contribution in [0.4, 0.5) is 11.4 Å².